The normalized spacial score (nSPS) is 14.1. The van der Waals surface area contributed by atoms with E-state index in [-0.39, 0.29) is 6.29 Å². The number of amides is 1. The van der Waals surface area contributed by atoms with Crippen LogP contribution in [0.1, 0.15) is 67.2 Å². The third-order valence-corrected chi connectivity index (χ3v) is 3.78. The van der Waals surface area contributed by atoms with Crippen molar-refractivity contribution in [1.82, 2.24) is 5.06 Å². The molecule has 0 fully saturated rings. The summed E-state index contributed by atoms with van der Waals surface area (Å²) in [6.07, 6.45) is -12.8. The highest BCUT2D eigenvalue weighted by Crippen LogP contribution is 2.29. The summed E-state index contributed by atoms with van der Waals surface area (Å²) < 4.78 is 83.0. The van der Waals surface area contributed by atoms with E-state index in [9.17, 15) is 45.5 Å². The quantitative estimate of drug-likeness (QED) is 0.180. The summed E-state index contributed by atoms with van der Waals surface area (Å²) in [5, 5.41) is 0.667. The second kappa shape index (κ2) is 14.4. The molecule has 0 spiro atoms. The van der Waals surface area contributed by atoms with E-state index in [1.807, 2.05) is 0 Å². The predicted molar refractivity (Wildman–Crippen MR) is 115 cm³/mol. The first kappa shape index (κ1) is 35.8. The number of ether oxygens (including phenoxy) is 2. The lowest BCUT2D eigenvalue weighted by molar-refractivity contribution is -0.188. The van der Waals surface area contributed by atoms with E-state index in [1.165, 1.54) is 7.05 Å². The van der Waals surface area contributed by atoms with E-state index < -0.39 is 78.9 Å². The molecular formula is C22H35F6NO7. The van der Waals surface area contributed by atoms with Crippen LogP contribution in [-0.2, 0) is 33.5 Å². The molecule has 2 unspecified atom stereocenters. The van der Waals surface area contributed by atoms with Gasteiger partial charge in [0.25, 0.3) is 0 Å². The molecule has 0 rings (SSSR count). The fourth-order valence-corrected chi connectivity index (χ4v) is 2.52. The Morgan fingerprint density at radius 1 is 0.778 bits per heavy atom. The van der Waals surface area contributed by atoms with E-state index in [1.54, 1.807) is 41.5 Å². The fraction of sp³-hybridized carbons (Fsp3) is 0.818. The summed E-state index contributed by atoms with van der Waals surface area (Å²) in [6, 6.07) is 0. The summed E-state index contributed by atoms with van der Waals surface area (Å²) in [4.78, 5) is 49.4. The lowest BCUT2D eigenvalue weighted by atomic mass is 10.00. The Morgan fingerprint density at radius 2 is 1.17 bits per heavy atom. The standard InChI is InChI=1S/C12H20F3NO4.C10H15F3O3/c1-11(2,3)20-9(17)6-8(7-12(13,14)15)10(18)16(4)19-5;1-9(2,3)16-8(15)4-7(6-14)5-10(11,12)13/h8H,6-7H2,1-5H3;6-7H,4-5H2,1-3H3. The summed E-state index contributed by atoms with van der Waals surface area (Å²) in [6.45, 7) is 9.58. The van der Waals surface area contributed by atoms with E-state index in [0.717, 1.165) is 7.11 Å². The van der Waals surface area contributed by atoms with Gasteiger partial charge in [-0.05, 0) is 41.5 Å². The van der Waals surface area contributed by atoms with Gasteiger partial charge >= 0.3 is 24.3 Å². The first-order chi connectivity index (χ1) is 15.9. The molecule has 14 heteroatoms. The van der Waals surface area contributed by atoms with Crippen LogP contribution in [0.2, 0.25) is 0 Å². The second-order valence-corrected chi connectivity index (χ2v) is 9.83. The smallest absolute Gasteiger partial charge is 0.389 e. The van der Waals surface area contributed by atoms with Gasteiger partial charge in [-0.3, -0.25) is 19.2 Å². The van der Waals surface area contributed by atoms with Crippen molar-refractivity contribution in [2.45, 2.75) is 90.8 Å². The van der Waals surface area contributed by atoms with Gasteiger partial charge in [-0.25, -0.2) is 5.06 Å². The monoisotopic (exact) mass is 539 g/mol. The topological polar surface area (TPSA) is 99.2 Å². The van der Waals surface area contributed by atoms with Crippen LogP contribution < -0.4 is 0 Å². The van der Waals surface area contributed by atoms with E-state index in [0.29, 0.717) is 5.06 Å². The van der Waals surface area contributed by atoms with Crippen molar-refractivity contribution in [1.29, 1.82) is 0 Å². The number of aldehydes is 1. The third kappa shape index (κ3) is 20.9. The van der Waals surface area contributed by atoms with Gasteiger partial charge in [0.05, 0.1) is 38.7 Å². The van der Waals surface area contributed by atoms with Crippen molar-refractivity contribution < 1.29 is 59.8 Å². The molecule has 0 N–H and O–H groups in total. The maximum Gasteiger partial charge on any atom is 0.389 e. The Morgan fingerprint density at radius 3 is 1.47 bits per heavy atom. The zero-order valence-corrected chi connectivity index (χ0v) is 21.6. The number of carbonyl (C=O) groups is 4. The van der Waals surface area contributed by atoms with Crippen LogP contribution in [0, 0.1) is 11.8 Å². The molecule has 36 heavy (non-hydrogen) atoms. The summed E-state index contributed by atoms with van der Waals surface area (Å²) in [5.74, 6) is -5.50. The first-order valence-electron chi connectivity index (χ1n) is 10.7. The molecule has 0 aliphatic heterocycles. The van der Waals surface area contributed by atoms with Crippen LogP contribution in [0.15, 0.2) is 0 Å². The Bertz CT molecular complexity index is 724. The summed E-state index contributed by atoms with van der Waals surface area (Å²) in [7, 11) is 2.33. The number of alkyl halides is 6. The molecule has 1 amide bonds. The van der Waals surface area contributed by atoms with E-state index >= 15 is 0 Å². The number of nitrogens with zero attached hydrogens (tertiary/aromatic N) is 1. The Labute approximate surface area is 206 Å². The van der Waals surface area contributed by atoms with Crippen LogP contribution in [0.3, 0.4) is 0 Å². The van der Waals surface area contributed by atoms with Gasteiger partial charge in [-0.15, -0.1) is 0 Å². The maximum atomic E-state index is 12.5. The van der Waals surface area contributed by atoms with Crippen LogP contribution in [0.4, 0.5) is 26.3 Å². The minimum Gasteiger partial charge on any atom is -0.460 e. The first-order valence-corrected chi connectivity index (χ1v) is 10.7. The van der Waals surface area contributed by atoms with Gasteiger partial charge in [0.15, 0.2) is 0 Å². The minimum absolute atomic E-state index is 0.136. The van der Waals surface area contributed by atoms with Gasteiger partial charge < -0.3 is 14.3 Å². The molecule has 0 aromatic carbocycles. The highest BCUT2D eigenvalue weighted by Gasteiger charge is 2.38. The SMILES string of the molecule is CC(C)(C)OC(=O)CC(C=O)CC(F)(F)F.CON(C)C(=O)C(CC(=O)OC(C)(C)C)CC(F)(F)F. The number of carbonyl (C=O) groups excluding carboxylic acids is 4. The molecule has 0 saturated heterocycles. The van der Waals surface area contributed by atoms with Crippen molar-refractivity contribution in [2.75, 3.05) is 14.2 Å². The van der Waals surface area contributed by atoms with Gasteiger partial charge in [0.1, 0.15) is 17.5 Å². The van der Waals surface area contributed by atoms with Crippen molar-refractivity contribution in [3.63, 3.8) is 0 Å². The Balaban J connectivity index is 0. The van der Waals surface area contributed by atoms with Crippen molar-refractivity contribution in [3.8, 4) is 0 Å². The van der Waals surface area contributed by atoms with Crippen LogP contribution >= 0.6 is 0 Å². The Kier molecular flexibility index (Phi) is 14.3. The molecule has 0 aliphatic rings. The molecule has 0 heterocycles. The molecule has 2 atom stereocenters. The van der Waals surface area contributed by atoms with Crippen molar-refractivity contribution in [2.24, 2.45) is 11.8 Å². The van der Waals surface area contributed by atoms with Gasteiger partial charge in [0, 0.05) is 13.0 Å². The molecular weight excluding hydrogens is 504 g/mol. The number of hydroxylamine groups is 2. The van der Waals surface area contributed by atoms with Crippen LogP contribution in [-0.4, -0.2) is 66.9 Å². The number of rotatable bonds is 9. The van der Waals surface area contributed by atoms with Crippen molar-refractivity contribution in [3.05, 3.63) is 0 Å². The molecule has 0 radical (unpaired) electrons. The number of halogens is 6. The number of esters is 2. The lowest BCUT2D eigenvalue weighted by Gasteiger charge is -2.24. The number of hydrogen-bond donors (Lipinski definition) is 0. The van der Waals surface area contributed by atoms with E-state index in [4.69, 9.17) is 9.47 Å². The van der Waals surface area contributed by atoms with Gasteiger partial charge in [-0.1, -0.05) is 0 Å². The molecule has 0 aromatic heterocycles. The highest BCUT2D eigenvalue weighted by molar-refractivity contribution is 5.83. The zero-order chi connectivity index (χ0) is 29.1. The Hall–Kier alpha value is -2.38. The molecule has 0 saturated carbocycles. The second-order valence-electron chi connectivity index (χ2n) is 9.83. The van der Waals surface area contributed by atoms with E-state index in [2.05, 4.69) is 4.84 Å². The fourth-order valence-electron chi connectivity index (χ4n) is 2.52. The molecule has 8 nitrogen and oxygen atoms in total. The van der Waals surface area contributed by atoms with Crippen LogP contribution in [0.25, 0.3) is 0 Å². The maximum absolute atomic E-state index is 12.5. The largest absolute Gasteiger partial charge is 0.460 e. The average molecular weight is 540 g/mol. The lowest BCUT2D eigenvalue weighted by Crippen LogP contribution is -2.37. The van der Waals surface area contributed by atoms with Gasteiger partial charge in [0.2, 0.25) is 5.91 Å². The minimum atomic E-state index is -4.56. The molecule has 0 aliphatic carbocycles. The van der Waals surface area contributed by atoms with Crippen LogP contribution in [0.5, 0.6) is 0 Å². The summed E-state index contributed by atoms with van der Waals surface area (Å²) in [5.41, 5.74) is -1.58. The van der Waals surface area contributed by atoms with Gasteiger partial charge in [-0.2, -0.15) is 26.3 Å². The highest BCUT2D eigenvalue weighted by atomic mass is 19.4. The molecule has 212 valence electrons. The third-order valence-electron chi connectivity index (χ3n) is 3.78. The van der Waals surface area contributed by atoms with Crippen molar-refractivity contribution >= 4 is 24.1 Å². The predicted octanol–water partition coefficient (Wildman–Crippen LogP) is 4.79. The summed E-state index contributed by atoms with van der Waals surface area (Å²) >= 11 is 0. The zero-order valence-electron chi connectivity index (χ0n) is 21.6. The average Bonchev–Trinajstić information content (AvgIpc) is 2.60. The molecule has 0 bridgehead atoms. The number of hydrogen-bond acceptors (Lipinski definition) is 7. The molecule has 0 aromatic rings.